The van der Waals surface area contributed by atoms with Crippen LogP contribution in [0.4, 0.5) is 4.39 Å². The second-order valence-corrected chi connectivity index (χ2v) is 5.50. The molecule has 2 rings (SSSR count). The molecule has 0 amide bonds. The minimum atomic E-state index is -0.527. The van der Waals surface area contributed by atoms with Crippen molar-refractivity contribution in [2.24, 2.45) is 5.73 Å². The molecule has 18 heavy (non-hydrogen) atoms. The van der Waals surface area contributed by atoms with E-state index in [1.807, 2.05) is 13.0 Å². The zero-order chi connectivity index (χ0) is 13.3. The van der Waals surface area contributed by atoms with Gasteiger partial charge < -0.3 is 5.73 Å². The van der Waals surface area contributed by atoms with Crippen LogP contribution in [0, 0.1) is 12.7 Å². The Morgan fingerprint density at radius 2 is 1.89 bits per heavy atom. The number of hydrogen-bond acceptors (Lipinski definition) is 1. The summed E-state index contributed by atoms with van der Waals surface area (Å²) in [6.45, 7) is 1.93. The highest BCUT2D eigenvalue weighted by Gasteiger charge is 2.16. The minimum absolute atomic E-state index is 0.315. The van der Waals surface area contributed by atoms with Crippen molar-refractivity contribution < 1.29 is 4.39 Å². The molecule has 0 saturated heterocycles. The minimum Gasteiger partial charge on any atom is -0.320 e. The third kappa shape index (κ3) is 2.74. The van der Waals surface area contributed by atoms with Crippen molar-refractivity contribution in [1.82, 2.24) is 0 Å². The van der Waals surface area contributed by atoms with Gasteiger partial charge in [-0.25, -0.2) is 4.39 Å². The van der Waals surface area contributed by atoms with Gasteiger partial charge in [-0.15, -0.1) is 0 Å². The number of benzene rings is 2. The Morgan fingerprint density at radius 3 is 2.61 bits per heavy atom. The van der Waals surface area contributed by atoms with Gasteiger partial charge in [0.2, 0.25) is 0 Å². The van der Waals surface area contributed by atoms with Crippen molar-refractivity contribution in [1.29, 1.82) is 0 Å². The van der Waals surface area contributed by atoms with E-state index in [0.717, 1.165) is 15.6 Å². The van der Waals surface area contributed by atoms with Gasteiger partial charge in [0.15, 0.2) is 0 Å². The van der Waals surface area contributed by atoms with Crippen LogP contribution in [0.1, 0.15) is 22.7 Å². The van der Waals surface area contributed by atoms with Crippen LogP contribution in [-0.2, 0) is 0 Å². The van der Waals surface area contributed by atoms with E-state index in [-0.39, 0.29) is 5.82 Å². The van der Waals surface area contributed by atoms with Crippen molar-refractivity contribution in [3.63, 3.8) is 0 Å². The van der Waals surface area contributed by atoms with Crippen LogP contribution in [0.25, 0.3) is 0 Å². The van der Waals surface area contributed by atoms with Gasteiger partial charge in [-0.3, -0.25) is 0 Å². The third-order valence-electron chi connectivity index (χ3n) is 2.87. The van der Waals surface area contributed by atoms with Crippen LogP contribution in [0.2, 0.25) is 5.02 Å². The van der Waals surface area contributed by atoms with Crippen LogP contribution in [-0.4, -0.2) is 0 Å². The number of hydrogen-bond donors (Lipinski definition) is 1. The van der Waals surface area contributed by atoms with Crippen molar-refractivity contribution in [3.8, 4) is 0 Å². The Balaban J connectivity index is 2.50. The highest BCUT2D eigenvalue weighted by Crippen LogP contribution is 2.28. The molecule has 1 nitrogen and oxygen atoms in total. The van der Waals surface area contributed by atoms with Gasteiger partial charge in [0, 0.05) is 15.1 Å². The Morgan fingerprint density at radius 1 is 1.17 bits per heavy atom. The first kappa shape index (κ1) is 13.5. The first-order valence-electron chi connectivity index (χ1n) is 5.45. The van der Waals surface area contributed by atoms with E-state index in [2.05, 4.69) is 15.9 Å². The van der Waals surface area contributed by atoms with E-state index in [1.54, 1.807) is 24.3 Å². The quantitative estimate of drug-likeness (QED) is 0.856. The average molecular weight is 329 g/mol. The lowest BCUT2D eigenvalue weighted by molar-refractivity contribution is 0.599. The normalized spacial score (nSPS) is 12.5. The highest BCUT2D eigenvalue weighted by molar-refractivity contribution is 9.10. The molecule has 2 aromatic carbocycles. The molecule has 1 atom stereocenters. The largest absolute Gasteiger partial charge is 0.320 e. The first-order valence-corrected chi connectivity index (χ1v) is 6.62. The summed E-state index contributed by atoms with van der Waals surface area (Å²) in [5, 5.41) is 0.599. The van der Waals surface area contributed by atoms with E-state index < -0.39 is 6.04 Å². The molecule has 2 aromatic rings. The van der Waals surface area contributed by atoms with Gasteiger partial charge in [0.1, 0.15) is 5.82 Å². The van der Waals surface area contributed by atoms with E-state index in [0.29, 0.717) is 10.6 Å². The fourth-order valence-electron chi connectivity index (χ4n) is 1.87. The van der Waals surface area contributed by atoms with Gasteiger partial charge in [-0.05, 0) is 48.4 Å². The first-order chi connectivity index (χ1) is 8.49. The zero-order valence-electron chi connectivity index (χ0n) is 9.75. The molecular weight excluding hydrogens is 317 g/mol. The average Bonchev–Trinajstić information content (AvgIpc) is 2.34. The lowest BCUT2D eigenvalue weighted by atomic mass is 9.95. The van der Waals surface area contributed by atoms with Crippen LogP contribution in [0.3, 0.4) is 0 Å². The van der Waals surface area contributed by atoms with Crippen molar-refractivity contribution in [2.45, 2.75) is 13.0 Å². The molecule has 0 fully saturated rings. The summed E-state index contributed by atoms with van der Waals surface area (Å²) in [4.78, 5) is 0. The van der Waals surface area contributed by atoms with Gasteiger partial charge >= 0.3 is 0 Å². The predicted octanol–water partition coefficient (Wildman–Crippen LogP) is 4.60. The molecule has 0 saturated carbocycles. The maximum Gasteiger partial charge on any atom is 0.128 e. The fourth-order valence-corrected chi connectivity index (χ4v) is 2.43. The summed E-state index contributed by atoms with van der Waals surface area (Å²) >= 11 is 9.28. The van der Waals surface area contributed by atoms with Gasteiger partial charge in [0.25, 0.3) is 0 Å². The standard InChI is InChI=1S/C14H12BrClFN/c1-8-2-4-10(16)7-11(8)14(18)12-6-9(15)3-5-13(12)17/h2-7,14H,18H2,1H3. The van der Waals surface area contributed by atoms with E-state index in [1.165, 1.54) is 6.07 Å². The Bertz CT molecular complexity index is 535. The van der Waals surface area contributed by atoms with E-state index >= 15 is 0 Å². The van der Waals surface area contributed by atoms with Crippen LogP contribution in [0.15, 0.2) is 40.9 Å². The summed E-state index contributed by atoms with van der Waals surface area (Å²) in [6.07, 6.45) is 0. The molecule has 0 aliphatic carbocycles. The molecule has 1 unspecified atom stereocenters. The topological polar surface area (TPSA) is 26.0 Å². The fraction of sp³-hybridized carbons (Fsp3) is 0.143. The summed E-state index contributed by atoms with van der Waals surface area (Å²) < 4.78 is 14.6. The lowest BCUT2D eigenvalue weighted by Gasteiger charge is -2.16. The summed E-state index contributed by atoms with van der Waals surface area (Å²) in [5.74, 6) is -0.315. The summed E-state index contributed by atoms with van der Waals surface area (Å²) in [7, 11) is 0. The smallest absolute Gasteiger partial charge is 0.128 e. The second-order valence-electron chi connectivity index (χ2n) is 4.14. The van der Waals surface area contributed by atoms with Crippen LogP contribution >= 0.6 is 27.5 Å². The maximum absolute atomic E-state index is 13.8. The molecule has 0 aliphatic heterocycles. The van der Waals surface area contributed by atoms with E-state index in [9.17, 15) is 4.39 Å². The maximum atomic E-state index is 13.8. The number of nitrogens with two attached hydrogens (primary N) is 1. The summed E-state index contributed by atoms with van der Waals surface area (Å²) in [6, 6.07) is 9.68. The molecule has 0 radical (unpaired) electrons. The molecule has 0 aromatic heterocycles. The molecule has 0 bridgehead atoms. The van der Waals surface area contributed by atoms with Gasteiger partial charge in [-0.1, -0.05) is 33.6 Å². The molecule has 0 spiro atoms. The number of halogens is 3. The monoisotopic (exact) mass is 327 g/mol. The van der Waals surface area contributed by atoms with Crippen molar-refractivity contribution in [3.05, 3.63) is 68.4 Å². The van der Waals surface area contributed by atoms with Gasteiger partial charge in [-0.2, -0.15) is 0 Å². The van der Waals surface area contributed by atoms with Crippen LogP contribution in [0.5, 0.6) is 0 Å². The Labute approximate surface area is 119 Å². The van der Waals surface area contributed by atoms with E-state index in [4.69, 9.17) is 17.3 Å². The Kier molecular flexibility index (Phi) is 4.05. The Hall–Kier alpha value is -0.900. The second kappa shape index (κ2) is 5.39. The zero-order valence-corrected chi connectivity index (χ0v) is 12.1. The van der Waals surface area contributed by atoms with Crippen molar-refractivity contribution >= 4 is 27.5 Å². The van der Waals surface area contributed by atoms with Crippen molar-refractivity contribution in [2.75, 3.05) is 0 Å². The number of rotatable bonds is 2. The molecule has 2 N–H and O–H groups in total. The SMILES string of the molecule is Cc1ccc(Cl)cc1C(N)c1cc(Br)ccc1F. The molecule has 0 heterocycles. The molecule has 4 heteroatoms. The lowest BCUT2D eigenvalue weighted by Crippen LogP contribution is -2.15. The molecular formula is C14H12BrClFN. The predicted molar refractivity (Wildman–Crippen MR) is 76.3 cm³/mol. The molecule has 94 valence electrons. The highest BCUT2D eigenvalue weighted by atomic mass is 79.9. The number of aryl methyl sites for hydroxylation is 1. The third-order valence-corrected chi connectivity index (χ3v) is 3.60. The summed E-state index contributed by atoms with van der Waals surface area (Å²) in [5.41, 5.74) is 8.41. The molecule has 0 aliphatic rings. The van der Waals surface area contributed by atoms with Gasteiger partial charge in [0.05, 0.1) is 6.04 Å². The van der Waals surface area contributed by atoms with Crippen LogP contribution < -0.4 is 5.73 Å².